The SMILES string of the molecule is CNCCC1CCCCN1c1ccc2nnnn2n1. The van der Waals surface area contributed by atoms with Crippen molar-refractivity contribution in [2.24, 2.45) is 0 Å². The standard InChI is InChI=1S/C12H19N7/c1-13-8-7-10-4-2-3-9-18(10)12-6-5-11-14-16-17-19(11)15-12/h5-6,10,13H,2-4,7-9H2,1H3. The third kappa shape index (κ3) is 2.51. The molecule has 1 N–H and O–H groups in total. The molecule has 3 rings (SSSR count). The molecule has 102 valence electrons. The summed E-state index contributed by atoms with van der Waals surface area (Å²) in [6.07, 6.45) is 4.91. The summed E-state index contributed by atoms with van der Waals surface area (Å²) >= 11 is 0. The zero-order valence-electron chi connectivity index (χ0n) is 11.2. The van der Waals surface area contributed by atoms with Crippen LogP contribution in [0.4, 0.5) is 5.82 Å². The van der Waals surface area contributed by atoms with Gasteiger partial charge >= 0.3 is 0 Å². The molecule has 2 aromatic rings. The van der Waals surface area contributed by atoms with E-state index in [2.05, 4.69) is 30.8 Å². The van der Waals surface area contributed by atoms with Gasteiger partial charge < -0.3 is 10.2 Å². The predicted octanol–water partition coefficient (Wildman–Crippen LogP) is 0.488. The third-order valence-corrected chi connectivity index (χ3v) is 3.70. The van der Waals surface area contributed by atoms with Crippen LogP contribution in [-0.4, -0.2) is 51.4 Å². The predicted molar refractivity (Wildman–Crippen MR) is 72.1 cm³/mol. The maximum Gasteiger partial charge on any atom is 0.200 e. The van der Waals surface area contributed by atoms with E-state index in [9.17, 15) is 0 Å². The molecule has 0 spiro atoms. The van der Waals surface area contributed by atoms with Crippen LogP contribution < -0.4 is 10.2 Å². The van der Waals surface area contributed by atoms with Gasteiger partial charge in [0.15, 0.2) is 11.5 Å². The Labute approximate surface area is 112 Å². The van der Waals surface area contributed by atoms with Crippen LogP contribution in [-0.2, 0) is 0 Å². The van der Waals surface area contributed by atoms with Gasteiger partial charge in [-0.05, 0) is 61.8 Å². The third-order valence-electron chi connectivity index (χ3n) is 3.70. The molecule has 0 aliphatic carbocycles. The Kier molecular flexibility index (Phi) is 3.54. The highest BCUT2D eigenvalue weighted by Gasteiger charge is 2.23. The number of hydrogen-bond acceptors (Lipinski definition) is 6. The molecule has 0 amide bonds. The minimum atomic E-state index is 0.558. The largest absolute Gasteiger partial charge is 0.352 e. The molecule has 1 unspecified atom stereocenters. The summed E-state index contributed by atoms with van der Waals surface area (Å²) in [4.78, 5) is 2.39. The molecule has 7 heteroatoms. The molecule has 19 heavy (non-hydrogen) atoms. The number of aromatic nitrogens is 5. The van der Waals surface area contributed by atoms with Crippen LogP contribution in [0, 0.1) is 0 Å². The van der Waals surface area contributed by atoms with Gasteiger partial charge in [-0.1, -0.05) is 0 Å². The van der Waals surface area contributed by atoms with E-state index in [0.29, 0.717) is 11.7 Å². The van der Waals surface area contributed by atoms with Crippen LogP contribution in [0.5, 0.6) is 0 Å². The van der Waals surface area contributed by atoms with Crippen LogP contribution in [0.2, 0.25) is 0 Å². The maximum absolute atomic E-state index is 4.50. The molecule has 1 atom stereocenters. The summed E-state index contributed by atoms with van der Waals surface area (Å²) in [5.74, 6) is 0.973. The van der Waals surface area contributed by atoms with Gasteiger partial charge in [-0.25, -0.2) is 0 Å². The Balaban J connectivity index is 1.84. The summed E-state index contributed by atoms with van der Waals surface area (Å²) in [5, 5.41) is 19.1. The van der Waals surface area contributed by atoms with E-state index in [1.54, 1.807) is 0 Å². The number of nitrogens with zero attached hydrogens (tertiary/aromatic N) is 6. The molecule has 0 bridgehead atoms. The monoisotopic (exact) mass is 261 g/mol. The Morgan fingerprint density at radius 2 is 2.32 bits per heavy atom. The van der Waals surface area contributed by atoms with Crippen LogP contribution in [0.15, 0.2) is 12.1 Å². The molecule has 1 saturated heterocycles. The van der Waals surface area contributed by atoms with Gasteiger partial charge in [0.25, 0.3) is 0 Å². The molecule has 1 fully saturated rings. The lowest BCUT2D eigenvalue weighted by Gasteiger charge is -2.36. The second kappa shape index (κ2) is 5.48. The number of anilines is 1. The zero-order chi connectivity index (χ0) is 13.1. The molecule has 0 radical (unpaired) electrons. The van der Waals surface area contributed by atoms with Crippen LogP contribution in [0.25, 0.3) is 5.65 Å². The van der Waals surface area contributed by atoms with Crippen molar-refractivity contribution in [3.05, 3.63) is 12.1 Å². The van der Waals surface area contributed by atoms with Crippen LogP contribution >= 0.6 is 0 Å². The molecule has 1 aliphatic rings. The first-order chi connectivity index (χ1) is 9.38. The van der Waals surface area contributed by atoms with Crippen molar-refractivity contribution >= 4 is 11.5 Å². The van der Waals surface area contributed by atoms with E-state index in [0.717, 1.165) is 25.3 Å². The van der Waals surface area contributed by atoms with E-state index in [1.165, 1.54) is 23.9 Å². The van der Waals surface area contributed by atoms with Crippen molar-refractivity contribution in [1.29, 1.82) is 0 Å². The van der Waals surface area contributed by atoms with Gasteiger partial charge in [-0.2, -0.15) is 0 Å². The maximum atomic E-state index is 4.50. The smallest absolute Gasteiger partial charge is 0.200 e. The molecular weight excluding hydrogens is 242 g/mol. The van der Waals surface area contributed by atoms with E-state index in [1.807, 2.05) is 19.2 Å². The summed E-state index contributed by atoms with van der Waals surface area (Å²) in [6.45, 7) is 2.10. The van der Waals surface area contributed by atoms with Crippen molar-refractivity contribution < 1.29 is 0 Å². The van der Waals surface area contributed by atoms with Crippen LogP contribution in [0.1, 0.15) is 25.7 Å². The summed E-state index contributed by atoms with van der Waals surface area (Å²) in [5.41, 5.74) is 0.688. The number of nitrogens with one attached hydrogen (secondary N) is 1. The fraction of sp³-hybridized carbons (Fsp3) is 0.667. The average Bonchev–Trinajstić information content (AvgIpc) is 2.92. The molecule has 3 heterocycles. The van der Waals surface area contributed by atoms with Gasteiger partial charge in [-0.3, -0.25) is 0 Å². The fourth-order valence-electron chi connectivity index (χ4n) is 2.71. The Hall–Kier alpha value is -1.76. The summed E-state index contributed by atoms with van der Waals surface area (Å²) in [7, 11) is 2.00. The highest BCUT2D eigenvalue weighted by Crippen LogP contribution is 2.24. The first-order valence-corrected chi connectivity index (χ1v) is 6.85. The molecule has 0 aromatic carbocycles. The lowest BCUT2D eigenvalue weighted by Crippen LogP contribution is -2.41. The first-order valence-electron chi connectivity index (χ1n) is 6.85. The zero-order valence-corrected chi connectivity index (χ0v) is 11.2. The van der Waals surface area contributed by atoms with Gasteiger partial charge in [-0.15, -0.1) is 14.8 Å². The minimum Gasteiger partial charge on any atom is -0.352 e. The van der Waals surface area contributed by atoms with E-state index in [-0.39, 0.29) is 0 Å². The number of piperidine rings is 1. The molecule has 2 aromatic heterocycles. The highest BCUT2D eigenvalue weighted by molar-refractivity contribution is 5.45. The summed E-state index contributed by atoms with van der Waals surface area (Å²) in [6, 6.07) is 4.50. The molecule has 7 nitrogen and oxygen atoms in total. The van der Waals surface area contributed by atoms with Crippen LogP contribution in [0.3, 0.4) is 0 Å². The van der Waals surface area contributed by atoms with Crippen molar-refractivity contribution in [3.8, 4) is 0 Å². The Morgan fingerprint density at radius 3 is 3.21 bits per heavy atom. The van der Waals surface area contributed by atoms with Crippen molar-refractivity contribution in [2.45, 2.75) is 31.7 Å². The highest BCUT2D eigenvalue weighted by atomic mass is 15.6. The number of rotatable bonds is 4. The van der Waals surface area contributed by atoms with E-state index >= 15 is 0 Å². The van der Waals surface area contributed by atoms with Crippen molar-refractivity contribution in [3.63, 3.8) is 0 Å². The second-order valence-electron chi connectivity index (χ2n) is 4.95. The summed E-state index contributed by atoms with van der Waals surface area (Å²) < 4.78 is 1.50. The number of tetrazole rings is 1. The van der Waals surface area contributed by atoms with Gasteiger partial charge in [0, 0.05) is 12.6 Å². The van der Waals surface area contributed by atoms with E-state index < -0.39 is 0 Å². The van der Waals surface area contributed by atoms with E-state index in [4.69, 9.17) is 0 Å². The second-order valence-corrected chi connectivity index (χ2v) is 4.95. The molecule has 0 saturated carbocycles. The molecular formula is C12H19N7. The lowest BCUT2D eigenvalue weighted by molar-refractivity contribution is 0.428. The Bertz CT molecular complexity index is 538. The fourth-order valence-corrected chi connectivity index (χ4v) is 2.71. The lowest BCUT2D eigenvalue weighted by atomic mass is 9.99. The van der Waals surface area contributed by atoms with Crippen molar-refractivity contribution in [2.75, 3.05) is 25.0 Å². The van der Waals surface area contributed by atoms with Gasteiger partial charge in [0.2, 0.25) is 0 Å². The topological polar surface area (TPSA) is 71.2 Å². The number of hydrogen-bond donors (Lipinski definition) is 1. The van der Waals surface area contributed by atoms with Gasteiger partial charge in [0.05, 0.1) is 0 Å². The Morgan fingerprint density at radius 1 is 1.37 bits per heavy atom. The van der Waals surface area contributed by atoms with Gasteiger partial charge in [0.1, 0.15) is 0 Å². The van der Waals surface area contributed by atoms with Crippen molar-refractivity contribution in [1.82, 2.24) is 30.6 Å². The normalized spacial score (nSPS) is 20.1. The number of fused-ring (bicyclic) bond motifs is 1. The first kappa shape index (κ1) is 12.3. The average molecular weight is 261 g/mol. The molecule has 1 aliphatic heterocycles. The quantitative estimate of drug-likeness (QED) is 0.863. The minimum absolute atomic E-state index is 0.558.